The zero-order valence-electron chi connectivity index (χ0n) is 12.9. The molecule has 4 nitrogen and oxygen atoms in total. The van der Waals surface area contributed by atoms with Gasteiger partial charge >= 0.3 is 5.97 Å². The van der Waals surface area contributed by atoms with E-state index in [1.165, 1.54) is 13.2 Å². The zero-order chi connectivity index (χ0) is 16.7. The van der Waals surface area contributed by atoms with Gasteiger partial charge in [-0.15, -0.1) is 0 Å². The van der Waals surface area contributed by atoms with E-state index in [1.54, 1.807) is 13.2 Å². The van der Waals surface area contributed by atoms with Crippen LogP contribution in [-0.2, 0) is 16.1 Å². The molecule has 0 N–H and O–H groups in total. The van der Waals surface area contributed by atoms with Crippen molar-refractivity contribution in [1.82, 2.24) is 0 Å². The Morgan fingerprint density at radius 2 is 1.91 bits per heavy atom. The summed E-state index contributed by atoms with van der Waals surface area (Å²) in [6.07, 6.45) is 3.05. The van der Waals surface area contributed by atoms with Crippen molar-refractivity contribution < 1.29 is 19.0 Å². The number of benzene rings is 2. The monoisotopic (exact) mass is 424 g/mol. The van der Waals surface area contributed by atoms with Crippen LogP contribution in [-0.4, -0.2) is 20.2 Å². The average molecular weight is 424 g/mol. The Balaban J connectivity index is 2.19. The zero-order valence-corrected chi connectivity index (χ0v) is 15.1. The van der Waals surface area contributed by atoms with Crippen LogP contribution < -0.4 is 9.47 Å². The summed E-state index contributed by atoms with van der Waals surface area (Å²) >= 11 is 2.19. The molecule has 0 radical (unpaired) electrons. The number of esters is 1. The highest BCUT2D eigenvalue weighted by Crippen LogP contribution is 2.34. The minimum Gasteiger partial charge on any atom is -0.493 e. The highest BCUT2D eigenvalue weighted by Gasteiger charge is 2.11. The third kappa shape index (κ3) is 4.99. The molecular formula is C18H17IO4. The Kier molecular flexibility index (Phi) is 6.46. The molecule has 0 bridgehead atoms. The molecule has 2 aromatic rings. The molecule has 0 aliphatic carbocycles. The molecule has 0 spiro atoms. The van der Waals surface area contributed by atoms with Crippen molar-refractivity contribution in [2.24, 2.45) is 0 Å². The lowest BCUT2D eigenvalue weighted by Gasteiger charge is -2.13. The summed E-state index contributed by atoms with van der Waals surface area (Å²) in [5, 5.41) is 0. The number of hydrogen-bond acceptors (Lipinski definition) is 4. The van der Waals surface area contributed by atoms with E-state index in [9.17, 15) is 4.79 Å². The Morgan fingerprint density at radius 1 is 1.17 bits per heavy atom. The van der Waals surface area contributed by atoms with Crippen molar-refractivity contribution in [1.29, 1.82) is 0 Å². The average Bonchev–Trinajstić information content (AvgIpc) is 2.59. The number of halogens is 1. The van der Waals surface area contributed by atoms with E-state index in [1.807, 2.05) is 42.5 Å². The maximum absolute atomic E-state index is 11.2. The first-order chi connectivity index (χ1) is 11.1. The Hall–Kier alpha value is -2.02. The van der Waals surface area contributed by atoms with Crippen molar-refractivity contribution in [3.8, 4) is 11.5 Å². The Labute approximate surface area is 149 Å². The Morgan fingerprint density at radius 3 is 2.57 bits per heavy atom. The lowest BCUT2D eigenvalue weighted by atomic mass is 10.2. The second kappa shape index (κ2) is 8.57. The summed E-state index contributed by atoms with van der Waals surface area (Å²) in [6, 6.07) is 13.7. The topological polar surface area (TPSA) is 44.8 Å². The lowest BCUT2D eigenvalue weighted by molar-refractivity contribution is -0.134. The number of carbonyl (C=O) groups is 1. The van der Waals surface area contributed by atoms with Crippen LogP contribution in [0.2, 0.25) is 0 Å². The molecule has 0 aliphatic heterocycles. The summed E-state index contributed by atoms with van der Waals surface area (Å²) in [5.41, 5.74) is 1.92. The van der Waals surface area contributed by atoms with Crippen LogP contribution >= 0.6 is 22.6 Å². The van der Waals surface area contributed by atoms with Crippen LogP contribution in [0.25, 0.3) is 6.08 Å². The molecule has 0 saturated carbocycles. The van der Waals surface area contributed by atoms with Crippen molar-refractivity contribution in [2.45, 2.75) is 6.61 Å². The third-order valence-corrected chi connectivity index (χ3v) is 3.89. The summed E-state index contributed by atoms with van der Waals surface area (Å²) in [6.45, 7) is 0.463. The van der Waals surface area contributed by atoms with Gasteiger partial charge in [-0.25, -0.2) is 4.79 Å². The highest BCUT2D eigenvalue weighted by molar-refractivity contribution is 14.1. The number of carbonyl (C=O) groups excluding carboxylic acids is 1. The number of methoxy groups -OCH3 is 2. The number of rotatable bonds is 6. The molecular weight excluding hydrogens is 407 g/mol. The third-order valence-electron chi connectivity index (χ3n) is 3.09. The molecule has 120 valence electrons. The van der Waals surface area contributed by atoms with Gasteiger partial charge in [0.15, 0.2) is 11.5 Å². The van der Waals surface area contributed by atoms with Crippen LogP contribution in [0.3, 0.4) is 0 Å². The quantitative estimate of drug-likeness (QED) is 0.399. The van der Waals surface area contributed by atoms with Gasteiger partial charge in [0.1, 0.15) is 6.61 Å². The smallest absolute Gasteiger partial charge is 0.330 e. The predicted octanol–water partition coefficient (Wildman–Crippen LogP) is 4.07. The van der Waals surface area contributed by atoms with Gasteiger partial charge in [-0.2, -0.15) is 0 Å². The van der Waals surface area contributed by atoms with E-state index in [0.29, 0.717) is 18.1 Å². The van der Waals surface area contributed by atoms with Gasteiger partial charge in [0.25, 0.3) is 0 Å². The molecule has 2 aromatic carbocycles. The molecule has 0 aromatic heterocycles. The van der Waals surface area contributed by atoms with E-state index in [0.717, 1.165) is 14.7 Å². The van der Waals surface area contributed by atoms with Gasteiger partial charge < -0.3 is 14.2 Å². The van der Waals surface area contributed by atoms with E-state index in [4.69, 9.17) is 9.47 Å². The highest BCUT2D eigenvalue weighted by atomic mass is 127. The molecule has 0 unspecified atom stereocenters. The molecule has 2 rings (SSSR count). The van der Waals surface area contributed by atoms with Crippen molar-refractivity contribution >= 4 is 34.6 Å². The normalized spacial score (nSPS) is 10.6. The minimum atomic E-state index is -0.400. The van der Waals surface area contributed by atoms with Crippen LogP contribution in [0, 0.1) is 3.57 Å². The maximum atomic E-state index is 11.2. The van der Waals surface area contributed by atoms with Crippen molar-refractivity contribution in [2.75, 3.05) is 14.2 Å². The fourth-order valence-corrected chi connectivity index (χ4v) is 2.72. The summed E-state index contributed by atoms with van der Waals surface area (Å²) in [4.78, 5) is 11.2. The molecule has 0 saturated heterocycles. The van der Waals surface area contributed by atoms with Gasteiger partial charge in [0, 0.05) is 6.08 Å². The fraction of sp³-hybridized carbons (Fsp3) is 0.167. The van der Waals surface area contributed by atoms with Gasteiger partial charge in [0.05, 0.1) is 17.8 Å². The summed E-state index contributed by atoms with van der Waals surface area (Å²) < 4.78 is 16.8. The number of ether oxygens (including phenoxy) is 3. The van der Waals surface area contributed by atoms with Crippen LogP contribution in [0.4, 0.5) is 0 Å². The van der Waals surface area contributed by atoms with Crippen LogP contribution in [0.1, 0.15) is 11.1 Å². The van der Waals surface area contributed by atoms with Crippen LogP contribution in [0.15, 0.2) is 48.5 Å². The van der Waals surface area contributed by atoms with E-state index >= 15 is 0 Å². The van der Waals surface area contributed by atoms with E-state index in [2.05, 4.69) is 27.3 Å². The standard InChI is InChI=1S/C18H17IO4/c1-21-16-11-14(8-9-17(20)22-2)10-15(19)18(16)23-12-13-6-4-3-5-7-13/h3-11H,12H2,1-2H3/b9-8+. The molecule has 5 heteroatoms. The molecule has 0 aliphatic rings. The minimum absolute atomic E-state index is 0.400. The molecule has 23 heavy (non-hydrogen) atoms. The van der Waals surface area contributed by atoms with Gasteiger partial charge in [-0.1, -0.05) is 30.3 Å². The lowest BCUT2D eigenvalue weighted by Crippen LogP contribution is -2.00. The second-order valence-corrected chi connectivity index (χ2v) is 5.83. The van der Waals surface area contributed by atoms with Gasteiger partial charge in [0.2, 0.25) is 0 Å². The number of hydrogen-bond donors (Lipinski definition) is 0. The SMILES string of the molecule is COC(=O)/C=C/c1cc(I)c(OCc2ccccc2)c(OC)c1. The van der Waals surface area contributed by atoms with E-state index in [-0.39, 0.29) is 0 Å². The first kappa shape index (κ1) is 17.3. The summed E-state index contributed by atoms with van der Waals surface area (Å²) in [7, 11) is 2.94. The second-order valence-electron chi connectivity index (χ2n) is 4.66. The largest absolute Gasteiger partial charge is 0.493 e. The first-order valence-electron chi connectivity index (χ1n) is 6.94. The van der Waals surface area contributed by atoms with E-state index < -0.39 is 5.97 Å². The molecule has 0 atom stereocenters. The molecule has 0 amide bonds. The maximum Gasteiger partial charge on any atom is 0.330 e. The Bertz CT molecular complexity index is 696. The van der Waals surface area contributed by atoms with Crippen molar-refractivity contribution in [3.63, 3.8) is 0 Å². The molecule has 0 fully saturated rings. The predicted molar refractivity (Wildman–Crippen MR) is 97.5 cm³/mol. The summed E-state index contributed by atoms with van der Waals surface area (Å²) in [5.74, 6) is 0.910. The fourth-order valence-electron chi connectivity index (χ4n) is 1.94. The van der Waals surface area contributed by atoms with Crippen molar-refractivity contribution in [3.05, 3.63) is 63.2 Å². The molecule has 0 heterocycles. The van der Waals surface area contributed by atoms with Gasteiger partial charge in [-0.3, -0.25) is 0 Å². The van der Waals surface area contributed by atoms with Gasteiger partial charge in [-0.05, 0) is 51.9 Å². The first-order valence-corrected chi connectivity index (χ1v) is 8.02. The van der Waals surface area contributed by atoms with Crippen LogP contribution in [0.5, 0.6) is 11.5 Å².